The molecule has 2 aromatic rings. The fraction of sp³-hybridized carbons (Fsp3) is 0.143. The Bertz CT molecular complexity index is 786. The third kappa shape index (κ3) is 3.58. The van der Waals surface area contributed by atoms with Gasteiger partial charge in [0.2, 0.25) is 10.0 Å². The van der Waals surface area contributed by atoms with Crippen molar-refractivity contribution in [3.8, 4) is 6.07 Å². The van der Waals surface area contributed by atoms with E-state index in [4.69, 9.17) is 16.9 Å². The molecule has 1 atom stereocenters. The largest absolute Gasteiger partial charge is 0.265 e. The summed E-state index contributed by atoms with van der Waals surface area (Å²) >= 11 is 5.93. The van der Waals surface area contributed by atoms with E-state index in [1.807, 2.05) is 6.07 Å². The number of sulfonamides is 1. The number of hydrogen-bond acceptors (Lipinski definition) is 4. The van der Waals surface area contributed by atoms with E-state index in [0.29, 0.717) is 0 Å². The van der Waals surface area contributed by atoms with Gasteiger partial charge in [0.05, 0.1) is 16.7 Å². The second-order valence-electron chi connectivity index (χ2n) is 4.38. The van der Waals surface area contributed by atoms with Gasteiger partial charge in [-0.3, -0.25) is 4.98 Å². The smallest absolute Gasteiger partial charge is 0.242 e. The standard InChI is InChI=1S/C14H12ClN3O2S/c1-10(12-4-6-17-7-5-12)18-21(19,20)14-8-11(9-16)2-3-13(14)15/h2-8,10,18H,1H3. The predicted molar refractivity (Wildman–Crippen MR) is 79.1 cm³/mol. The van der Waals surface area contributed by atoms with Gasteiger partial charge in [0, 0.05) is 18.4 Å². The summed E-state index contributed by atoms with van der Waals surface area (Å²) in [4.78, 5) is 3.78. The Balaban J connectivity index is 2.33. The van der Waals surface area contributed by atoms with E-state index < -0.39 is 16.1 Å². The molecule has 1 heterocycles. The van der Waals surface area contributed by atoms with E-state index in [9.17, 15) is 8.42 Å². The molecule has 0 radical (unpaired) electrons. The van der Waals surface area contributed by atoms with Gasteiger partial charge in [-0.2, -0.15) is 5.26 Å². The molecule has 0 spiro atoms. The normalized spacial score (nSPS) is 12.6. The maximum atomic E-state index is 12.4. The first-order valence-electron chi connectivity index (χ1n) is 6.06. The lowest BCUT2D eigenvalue weighted by atomic mass is 10.1. The van der Waals surface area contributed by atoms with Crippen LogP contribution in [0.15, 0.2) is 47.6 Å². The highest BCUT2D eigenvalue weighted by Crippen LogP contribution is 2.24. The molecule has 0 aliphatic heterocycles. The van der Waals surface area contributed by atoms with E-state index >= 15 is 0 Å². The Morgan fingerprint density at radius 1 is 1.29 bits per heavy atom. The van der Waals surface area contributed by atoms with Crippen LogP contribution in [-0.4, -0.2) is 13.4 Å². The molecule has 108 valence electrons. The summed E-state index contributed by atoms with van der Waals surface area (Å²) in [6.45, 7) is 1.72. The molecular formula is C14H12ClN3O2S. The Morgan fingerprint density at radius 2 is 1.95 bits per heavy atom. The van der Waals surface area contributed by atoms with E-state index in [1.165, 1.54) is 18.2 Å². The van der Waals surface area contributed by atoms with Crippen molar-refractivity contribution in [2.75, 3.05) is 0 Å². The molecule has 1 aromatic heterocycles. The third-order valence-corrected chi connectivity index (χ3v) is 4.91. The monoisotopic (exact) mass is 321 g/mol. The van der Waals surface area contributed by atoms with Gasteiger partial charge in [0.15, 0.2) is 0 Å². The Labute approximate surface area is 128 Å². The highest BCUT2D eigenvalue weighted by molar-refractivity contribution is 7.89. The van der Waals surface area contributed by atoms with Crippen molar-refractivity contribution in [3.05, 3.63) is 58.9 Å². The van der Waals surface area contributed by atoms with Crippen LogP contribution in [0, 0.1) is 11.3 Å². The summed E-state index contributed by atoms with van der Waals surface area (Å²) in [7, 11) is -3.82. The van der Waals surface area contributed by atoms with E-state index in [1.54, 1.807) is 31.5 Å². The van der Waals surface area contributed by atoms with Crippen LogP contribution in [0.1, 0.15) is 24.1 Å². The Morgan fingerprint density at radius 3 is 2.57 bits per heavy atom. The maximum absolute atomic E-state index is 12.4. The van der Waals surface area contributed by atoms with Crippen molar-refractivity contribution in [1.82, 2.24) is 9.71 Å². The molecular weight excluding hydrogens is 310 g/mol. The Kier molecular flexibility index (Phi) is 4.58. The molecule has 0 saturated heterocycles. The molecule has 0 aliphatic rings. The van der Waals surface area contributed by atoms with Gasteiger partial charge in [-0.05, 0) is 42.8 Å². The summed E-state index contributed by atoms with van der Waals surface area (Å²) in [5.74, 6) is 0. The lowest BCUT2D eigenvalue weighted by Crippen LogP contribution is -2.27. The van der Waals surface area contributed by atoms with Gasteiger partial charge in [-0.15, -0.1) is 0 Å². The van der Waals surface area contributed by atoms with Crippen LogP contribution < -0.4 is 4.72 Å². The molecule has 1 N–H and O–H groups in total. The summed E-state index contributed by atoms with van der Waals surface area (Å²) in [6.07, 6.45) is 3.17. The zero-order chi connectivity index (χ0) is 15.5. The van der Waals surface area contributed by atoms with Gasteiger partial charge in [-0.25, -0.2) is 13.1 Å². The number of aromatic nitrogens is 1. The summed E-state index contributed by atoms with van der Waals surface area (Å²) < 4.78 is 27.3. The highest BCUT2D eigenvalue weighted by atomic mass is 35.5. The van der Waals surface area contributed by atoms with E-state index in [2.05, 4.69) is 9.71 Å². The van der Waals surface area contributed by atoms with Crippen molar-refractivity contribution >= 4 is 21.6 Å². The molecule has 21 heavy (non-hydrogen) atoms. The molecule has 0 aliphatic carbocycles. The SMILES string of the molecule is CC(NS(=O)(=O)c1cc(C#N)ccc1Cl)c1ccncc1. The first-order chi connectivity index (χ1) is 9.94. The molecule has 0 saturated carbocycles. The second-order valence-corrected chi connectivity index (χ2v) is 6.47. The predicted octanol–water partition coefficient (Wildman–Crippen LogP) is 2.65. The number of benzene rings is 1. The summed E-state index contributed by atoms with van der Waals surface area (Å²) in [5, 5.41) is 8.94. The zero-order valence-electron chi connectivity index (χ0n) is 11.1. The molecule has 1 aromatic carbocycles. The van der Waals surface area contributed by atoms with Gasteiger partial charge in [0.25, 0.3) is 0 Å². The van der Waals surface area contributed by atoms with Crippen molar-refractivity contribution < 1.29 is 8.42 Å². The van der Waals surface area contributed by atoms with Crippen LogP contribution in [0.4, 0.5) is 0 Å². The number of nitrogens with one attached hydrogen (secondary N) is 1. The van der Waals surface area contributed by atoms with Gasteiger partial charge >= 0.3 is 0 Å². The summed E-state index contributed by atoms with van der Waals surface area (Å²) in [5.41, 5.74) is 1.01. The summed E-state index contributed by atoms with van der Waals surface area (Å²) in [6, 6.07) is 9.01. The van der Waals surface area contributed by atoms with Crippen molar-refractivity contribution in [3.63, 3.8) is 0 Å². The average Bonchev–Trinajstić information content (AvgIpc) is 2.48. The fourth-order valence-corrected chi connectivity index (χ4v) is 3.55. The van der Waals surface area contributed by atoms with Crippen LogP contribution in [0.2, 0.25) is 5.02 Å². The molecule has 0 fully saturated rings. The number of pyridine rings is 1. The second kappa shape index (κ2) is 6.22. The van der Waals surface area contributed by atoms with Crippen LogP contribution in [0.3, 0.4) is 0 Å². The van der Waals surface area contributed by atoms with E-state index in [-0.39, 0.29) is 15.5 Å². The van der Waals surface area contributed by atoms with Crippen molar-refractivity contribution in [1.29, 1.82) is 5.26 Å². The van der Waals surface area contributed by atoms with Gasteiger partial charge < -0.3 is 0 Å². The number of nitrogens with zero attached hydrogens (tertiary/aromatic N) is 2. The zero-order valence-corrected chi connectivity index (χ0v) is 12.7. The third-order valence-electron chi connectivity index (χ3n) is 2.89. The van der Waals surface area contributed by atoms with Gasteiger partial charge in [-0.1, -0.05) is 11.6 Å². The molecule has 0 bridgehead atoms. The number of nitriles is 1. The lowest BCUT2D eigenvalue weighted by Gasteiger charge is -2.15. The van der Waals surface area contributed by atoms with Crippen LogP contribution in [0.5, 0.6) is 0 Å². The van der Waals surface area contributed by atoms with Crippen LogP contribution in [0.25, 0.3) is 0 Å². The molecule has 7 heteroatoms. The molecule has 0 amide bonds. The highest BCUT2D eigenvalue weighted by Gasteiger charge is 2.21. The van der Waals surface area contributed by atoms with E-state index in [0.717, 1.165) is 5.56 Å². The molecule has 1 unspecified atom stereocenters. The van der Waals surface area contributed by atoms with Crippen LogP contribution in [-0.2, 0) is 10.0 Å². The van der Waals surface area contributed by atoms with Crippen molar-refractivity contribution in [2.24, 2.45) is 0 Å². The Hall–Kier alpha value is -1.94. The number of rotatable bonds is 4. The quantitative estimate of drug-likeness (QED) is 0.938. The van der Waals surface area contributed by atoms with Crippen molar-refractivity contribution in [2.45, 2.75) is 17.9 Å². The molecule has 5 nitrogen and oxygen atoms in total. The minimum absolute atomic E-state index is 0.0726. The first-order valence-corrected chi connectivity index (χ1v) is 7.92. The minimum Gasteiger partial charge on any atom is -0.265 e. The number of halogens is 1. The van der Waals surface area contributed by atoms with Crippen LogP contribution >= 0.6 is 11.6 Å². The maximum Gasteiger partial charge on any atom is 0.242 e. The topological polar surface area (TPSA) is 82.9 Å². The fourth-order valence-electron chi connectivity index (χ4n) is 1.80. The van der Waals surface area contributed by atoms with Gasteiger partial charge in [0.1, 0.15) is 4.90 Å². The average molecular weight is 322 g/mol. The lowest BCUT2D eigenvalue weighted by molar-refractivity contribution is 0.567. The molecule has 2 rings (SSSR count). The number of hydrogen-bond donors (Lipinski definition) is 1. The first kappa shape index (κ1) is 15.4. The minimum atomic E-state index is -3.82.